The molecular formula is C17H21N3O3. The van der Waals surface area contributed by atoms with Gasteiger partial charge in [-0.2, -0.15) is 4.98 Å². The molecule has 1 aromatic carbocycles. The van der Waals surface area contributed by atoms with Gasteiger partial charge in [0, 0.05) is 22.6 Å². The van der Waals surface area contributed by atoms with E-state index in [1.54, 1.807) is 0 Å². The Morgan fingerprint density at radius 3 is 2.91 bits per heavy atom. The molecule has 0 saturated heterocycles. The molecular weight excluding hydrogens is 294 g/mol. The van der Waals surface area contributed by atoms with Gasteiger partial charge in [0.1, 0.15) is 5.75 Å². The molecule has 6 nitrogen and oxygen atoms in total. The van der Waals surface area contributed by atoms with Gasteiger partial charge in [0.25, 0.3) is 5.89 Å². The van der Waals surface area contributed by atoms with Crippen molar-refractivity contribution in [3.8, 4) is 17.2 Å². The van der Waals surface area contributed by atoms with Gasteiger partial charge in [0.15, 0.2) is 5.82 Å². The van der Waals surface area contributed by atoms with Crippen LogP contribution in [0.4, 0.5) is 0 Å². The lowest BCUT2D eigenvalue weighted by molar-refractivity contribution is -0.121. The normalized spacial score (nSPS) is 15.3. The van der Waals surface area contributed by atoms with Crippen molar-refractivity contribution in [1.29, 1.82) is 0 Å². The zero-order valence-electron chi connectivity index (χ0n) is 13.8. The molecule has 1 aliphatic heterocycles. The van der Waals surface area contributed by atoms with Crippen LogP contribution in [-0.2, 0) is 16.6 Å². The molecule has 23 heavy (non-hydrogen) atoms. The standard InChI is InChI=1S/C17H21N3O3/c1-10(2)18-15(21)8-14-19-16(23-20-14)11-5-6-13-12(7-11)17(3,4)9-22-13/h5-7,10H,8-9H2,1-4H3,(H,18,21). The van der Waals surface area contributed by atoms with Crippen molar-refractivity contribution in [1.82, 2.24) is 15.5 Å². The van der Waals surface area contributed by atoms with Crippen LogP contribution >= 0.6 is 0 Å². The number of rotatable bonds is 4. The molecule has 1 aromatic heterocycles. The van der Waals surface area contributed by atoms with Crippen LogP contribution in [0.15, 0.2) is 22.7 Å². The Labute approximate surface area is 135 Å². The van der Waals surface area contributed by atoms with Crippen LogP contribution in [0.25, 0.3) is 11.5 Å². The number of nitrogens with zero attached hydrogens (tertiary/aromatic N) is 2. The molecule has 1 N–H and O–H groups in total. The number of hydrogen-bond acceptors (Lipinski definition) is 5. The maximum atomic E-state index is 11.8. The van der Waals surface area contributed by atoms with E-state index < -0.39 is 0 Å². The van der Waals surface area contributed by atoms with Gasteiger partial charge >= 0.3 is 0 Å². The molecule has 3 rings (SSSR count). The minimum atomic E-state index is -0.115. The van der Waals surface area contributed by atoms with Crippen molar-refractivity contribution < 1.29 is 14.1 Å². The summed E-state index contributed by atoms with van der Waals surface area (Å²) in [6.07, 6.45) is 0.112. The molecule has 0 fully saturated rings. The molecule has 2 heterocycles. The van der Waals surface area contributed by atoms with E-state index in [1.807, 2.05) is 32.0 Å². The maximum absolute atomic E-state index is 11.8. The van der Waals surface area contributed by atoms with Crippen LogP contribution in [0.5, 0.6) is 5.75 Å². The fourth-order valence-corrected chi connectivity index (χ4v) is 2.61. The first-order valence-electron chi connectivity index (χ1n) is 7.75. The van der Waals surface area contributed by atoms with E-state index in [2.05, 4.69) is 29.3 Å². The number of amides is 1. The zero-order valence-corrected chi connectivity index (χ0v) is 13.8. The number of fused-ring (bicyclic) bond motifs is 1. The molecule has 0 saturated carbocycles. The van der Waals surface area contributed by atoms with E-state index in [9.17, 15) is 4.79 Å². The van der Waals surface area contributed by atoms with Crippen molar-refractivity contribution >= 4 is 5.91 Å². The summed E-state index contributed by atoms with van der Waals surface area (Å²) >= 11 is 0. The summed E-state index contributed by atoms with van der Waals surface area (Å²) in [5.74, 6) is 1.59. The fourth-order valence-electron chi connectivity index (χ4n) is 2.61. The highest BCUT2D eigenvalue weighted by molar-refractivity contribution is 5.78. The Morgan fingerprint density at radius 1 is 1.39 bits per heavy atom. The van der Waals surface area contributed by atoms with E-state index in [-0.39, 0.29) is 23.8 Å². The number of nitrogens with one attached hydrogen (secondary N) is 1. The Kier molecular flexibility index (Phi) is 3.83. The van der Waals surface area contributed by atoms with Gasteiger partial charge < -0.3 is 14.6 Å². The van der Waals surface area contributed by atoms with E-state index in [0.717, 1.165) is 16.9 Å². The topological polar surface area (TPSA) is 77.2 Å². The molecule has 1 aliphatic rings. The average molecular weight is 315 g/mol. The third-order valence-electron chi connectivity index (χ3n) is 3.78. The smallest absolute Gasteiger partial charge is 0.257 e. The third kappa shape index (κ3) is 3.21. The van der Waals surface area contributed by atoms with Gasteiger partial charge in [0.2, 0.25) is 5.91 Å². The lowest BCUT2D eigenvalue weighted by atomic mass is 9.86. The molecule has 0 bridgehead atoms. The molecule has 0 unspecified atom stereocenters. The van der Waals surface area contributed by atoms with Crippen molar-refractivity contribution in [2.75, 3.05) is 6.61 Å². The van der Waals surface area contributed by atoms with Gasteiger partial charge in [-0.3, -0.25) is 4.79 Å². The first-order chi connectivity index (χ1) is 10.8. The Hall–Kier alpha value is -2.37. The van der Waals surface area contributed by atoms with E-state index in [4.69, 9.17) is 9.26 Å². The number of hydrogen-bond donors (Lipinski definition) is 1. The molecule has 0 spiro atoms. The lowest BCUT2D eigenvalue weighted by Crippen LogP contribution is -2.31. The SMILES string of the molecule is CC(C)NC(=O)Cc1noc(-c2ccc3c(c2)C(C)(C)CO3)n1. The summed E-state index contributed by atoms with van der Waals surface area (Å²) < 4.78 is 11.0. The third-order valence-corrected chi connectivity index (χ3v) is 3.78. The van der Waals surface area contributed by atoms with Crippen molar-refractivity contribution in [3.63, 3.8) is 0 Å². The van der Waals surface area contributed by atoms with Crippen LogP contribution in [0, 0.1) is 0 Å². The van der Waals surface area contributed by atoms with Crippen LogP contribution in [0.2, 0.25) is 0 Å². The number of aromatic nitrogens is 2. The van der Waals surface area contributed by atoms with Crippen molar-refractivity contribution in [2.24, 2.45) is 0 Å². The van der Waals surface area contributed by atoms with Crippen LogP contribution in [-0.4, -0.2) is 28.7 Å². The van der Waals surface area contributed by atoms with Crippen LogP contribution < -0.4 is 10.1 Å². The Balaban J connectivity index is 1.80. The summed E-state index contributed by atoms with van der Waals surface area (Å²) in [6, 6.07) is 5.93. The first kappa shape index (κ1) is 15.5. The Bertz CT molecular complexity index is 734. The predicted molar refractivity (Wildman–Crippen MR) is 85.2 cm³/mol. The Morgan fingerprint density at radius 2 is 2.17 bits per heavy atom. The quantitative estimate of drug-likeness (QED) is 0.938. The van der Waals surface area contributed by atoms with E-state index in [0.29, 0.717) is 18.3 Å². The van der Waals surface area contributed by atoms with Gasteiger partial charge in [-0.1, -0.05) is 19.0 Å². The fraction of sp³-hybridized carbons (Fsp3) is 0.471. The van der Waals surface area contributed by atoms with Crippen LogP contribution in [0.3, 0.4) is 0 Å². The summed E-state index contributed by atoms with van der Waals surface area (Å²) in [6.45, 7) is 8.76. The second kappa shape index (κ2) is 5.68. The lowest BCUT2D eigenvalue weighted by Gasteiger charge is -2.15. The summed E-state index contributed by atoms with van der Waals surface area (Å²) in [5, 5.41) is 6.70. The number of carbonyl (C=O) groups excluding carboxylic acids is 1. The van der Waals surface area contributed by atoms with Crippen LogP contribution in [0.1, 0.15) is 39.1 Å². The molecule has 1 amide bonds. The predicted octanol–water partition coefficient (Wildman–Crippen LogP) is 2.47. The van der Waals surface area contributed by atoms with Crippen molar-refractivity contribution in [2.45, 2.75) is 45.6 Å². The average Bonchev–Trinajstić information content (AvgIpc) is 3.03. The minimum Gasteiger partial charge on any atom is -0.492 e. The van der Waals surface area contributed by atoms with Crippen molar-refractivity contribution in [3.05, 3.63) is 29.6 Å². The van der Waals surface area contributed by atoms with Gasteiger partial charge in [-0.05, 0) is 32.0 Å². The van der Waals surface area contributed by atoms with Gasteiger partial charge in [-0.15, -0.1) is 0 Å². The molecule has 0 atom stereocenters. The minimum absolute atomic E-state index is 0.0364. The number of ether oxygens (including phenoxy) is 1. The molecule has 0 aliphatic carbocycles. The second-order valence-corrected chi connectivity index (χ2v) is 6.80. The second-order valence-electron chi connectivity index (χ2n) is 6.80. The molecule has 2 aromatic rings. The molecule has 122 valence electrons. The summed E-state index contributed by atoms with van der Waals surface area (Å²) in [4.78, 5) is 16.1. The van der Waals surface area contributed by atoms with E-state index in [1.165, 1.54) is 0 Å². The maximum Gasteiger partial charge on any atom is 0.257 e. The summed E-state index contributed by atoms with van der Waals surface area (Å²) in [5.41, 5.74) is 1.93. The molecule has 0 radical (unpaired) electrons. The largest absolute Gasteiger partial charge is 0.492 e. The highest BCUT2D eigenvalue weighted by Crippen LogP contribution is 2.40. The number of benzene rings is 1. The zero-order chi connectivity index (χ0) is 16.6. The van der Waals surface area contributed by atoms with Gasteiger partial charge in [-0.25, -0.2) is 0 Å². The summed E-state index contributed by atoms with van der Waals surface area (Å²) in [7, 11) is 0. The highest BCUT2D eigenvalue weighted by Gasteiger charge is 2.32. The van der Waals surface area contributed by atoms with E-state index >= 15 is 0 Å². The monoisotopic (exact) mass is 315 g/mol. The van der Waals surface area contributed by atoms with Gasteiger partial charge in [0.05, 0.1) is 13.0 Å². The molecule has 6 heteroatoms. The number of carbonyl (C=O) groups is 1. The first-order valence-corrected chi connectivity index (χ1v) is 7.75. The highest BCUT2D eigenvalue weighted by atomic mass is 16.5.